The van der Waals surface area contributed by atoms with E-state index in [0.717, 1.165) is 28.6 Å². The largest absolute Gasteiger partial charge is 0.496 e. The maximum Gasteiger partial charge on any atom is 0.264 e. The number of amidine groups is 1. The molecule has 2 rings (SSSR count). The van der Waals surface area contributed by atoms with E-state index in [4.69, 9.17) is 10.1 Å². The Labute approximate surface area is 104 Å². The first-order chi connectivity index (χ1) is 8.10. The van der Waals surface area contributed by atoms with Crippen LogP contribution in [0.15, 0.2) is 23.1 Å². The molecule has 1 fully saturated rings. The first-order valence-electron chi connectivity index (χ1n) is 5.04. The third-order valence-electron chi connectivity index (χ3n) is 2.38. The molecule has 1 saturated heterocycles. The SMILES string of the molecule is COc1ccc(/C=C2\SC(=N)NC2=O)cc1C. The summed E-state index contributed by atoms with van der Waals surface area (Å²) >= 11 is 1.14. The Morgan fingerprint density at radius 2 is 2.24 bits per heavy atom. The second kappa shape index (κ2) is 4.63. The Kier molecular flexibility index (Phi) is 3.19. The van der Waals surface area contributed by atoms with Crippen LogP contribution < -0.4 is 10.1 Å². The van der Waals surface area contributed by atoms with Crippen molar-refractivity contribution in [3.8, 4) is 5.75 Å². The third-order valence-corrected chi connectivity index (χ3v) is 3.21. The summed E-state index contributed by atoms with van der Waals surface area (Å²) in [6.45, 7) is 1.95. The van der Waals surface area contributed by atoms with Crippen molar-refractivity contribution in [3.63, 3.8) is 0 Å². The molecule has 88 valence electrons. The number of hydrogen-bond acceptors (Lipinski definition) is 4. The molecule has 5 heteroatoms. The number of ether oxygens (including phenoxy) is 1. The van der Waals surface area contributed by atoms with Crippen LogP contribution in [0.1, 0.15) is 11.1 Å². The fourth-order valence-corrected chi connectivity index (χ4v) is 2.29. The van der Waals surface area contributed by atoms with Crippen molar-refractivity contribution in [2.24, 2.45) is 0 Å². The summed E-state index contributed by atoms with van der Waals surface area (Å²) in [6, 6.07) is 5.70. The predicted molar refractivity (Wildman–Crippen MR) is 69.2 cm³/mol. The number of thioether (sulfide) groups is 1. The smallest absolute Gasteiger partial charge is 0.264 e. The Morgan fingerprint density at radius 1 is 1.47 bits per heavy atom. The van der Waals surface area contributed by atoms with Crippen molar-refractivity contribution in [3.05, 3.63) is 34.2 Å². The zero-order valence-corrected chi connectivity index (χ0v) is 10.4. The molecule has 2 N–H and O–H groups in total. The Balaban J connectivity index is 2.30. The van der Waals surface area contributed by atoms with Crippen molar-refractivity contribution in [2.75, 3.05) is 7.11 Å². The number of aryl methyl sites for hydroxylation is 1. The molecule has 1 amide bonds. The summed E-state index contributed by atoms with van der Waals surface area (Å²) in [5.74, 6) is 0.608. The minimum atomic E-state index is -0.214. The van der Waals surface area contributed by atoms with E-state index < -0.39 is 0 Å². The molecule has 0 spiro atoms. The zero-order valence-electron chi connectivity index (χ0n) is 9.53. The van der Waals surface area contributed by atoms with E-state index in [1.807, 2.05) is 25.1 Å². The number of methoxy groups -OCH3 is 1. The lowest BCUT2D eigenvalue weighted by molar-refractivity contribution is -0.115. The maximum absolute atomic E-state index is 11.4. The second-order valence-electron chi connectivity index (χ2n) is 3.62. The van der Waals surface area contributed by atoms with Crippen LogP contribution in [0.25, 0.3) is 6.08 Å². The van der Waals surface area contributed by atoms with Gasteiger partial charge in [-0.05, 0) is 48.0 Å². The molecule has 0 bridgehead atoms. The van der Waals surface area contributed by atoms with Gasteiger partial charge < -0.3 is 10.1 Å². The van der Waals surface area contributed by atoms with E-state index in [0.29, 0.717) is 4.91 Å². The lowest BCUT2D eigenvalue weighted by Crippen LogP contribution is -2.18. The number of carbonyl (C=O) groups is 1. The van der Waals surface area contributed by atoms with Crippen LogP contribution in [-0.2, 0) is 4.79 Å². The van der Waals surface area contributed by atoms with Crippen LogP contribution in [0, 0.1) is 12.3 Å². The molecule has 1 aromatic rings. The molecule has 1 aromatic carbocycles. The zero-order chi connectivity index (χ0) is 12.4. The highest BCUT2D eigenvalue weighted by Gasteiger charge is 2.22. The summed E-state index contributed by atoms with van der Waals surface area (Å²) in [5, 5.41) is 9.96. The van der Waals surface area contributed by atoms with Crippen molar-refractivity contribution in [1.82, 2.24) is 5.32 Å². The van der Waals surface area contributed by atoms with Gasteiger partial charge in [0, 0.05) is 0 Å². The minimum Gasteiger partial charge on any atom is -0.496 e. The quantitative estimate of drug-likeness (QED) is 0.788. The van der Waals surface area contributed by atoms with Gasteiger partial charge in [-0.25, -0.2) is 0 Å². The van der Waals surface area contributed by atoms with Gasteiger partial charge in [0.05, 0.1) is 12.0 Å². The van der Waals surface area contributed by atoms with Crippen LogP contribution in [0.4, 0.5) is 0 Å². The number of amides is 1. The molecule has 1 aliphatic rings. The normalized spacial score (nSPS) is 17.4. The summed E-state index contributed by atoms with van der Waals surface area (Å²) in [7, 11) is 1.63. The van der Waals surface area contributed by atoms with Crippen molar-refractivity contribution < 1.29 is 9.53 Å². The van der Waals surface area contributed by atoms with Crippen molar-refractivity contribution >= 4 is 28.9 Å². The highest BCUT2D eigenvalue weighted by atomic mass is 32.2. The van der Waals surface area contributed by atoms with Crippen molar-refractivity contribution in [1.29, 1.82) is 5.41 Å². The predicted octanol–water partition coefficient (Wildman–Crippen LogP) is 2.14. The van der Waals surface area contributed by atoms with E-state index >= 15 is 0 Å². The van der Waals surface area contributed by atoms with Gasteiger partial charge in [-0.15, -0.1) is 0 Å². The minimum absolute atomic E-state index is 0.173. The molecular formula is C12H12N2O2S. The van der Waals surface area contributed by atoms with Crippen LogP contribution in [0.3, 0.4) is 0 Å². The van der Waals surface area contributed by atoms with Crippen LogP contribution in [-0.4, -0.2) is 18.2 Å². The molecule has 0 saturated carbocycles. The topological polar surface area (TPSA) is 62.2 Å². The lowest BCUT2D eigenvalue weighted by Gasteiger charge is -2.04. The molecule has 4 nitrogen and oxygen atoms in total. The highest BCUT2D eigenvalue weighted by Crippen LogP contribution is 2.26. The van der Waals surface area contributed by atoms with E-state index in [2.05, 4.69) is 5.32 Å². The molecule has 0 aliphatic carbocycles. The number of carbonyl (C=O) groups excluding carboxylic acids is 1. The molecule has 0 radical (unpaired) electrons. The van der Waals surface area contributed by atoms with Crippen LogP contribution in [0.5, 0.6) is 5.75 Å². The van der Waals surface area contributed by atoms with Gasteiger partial charge in [0.15, 0.2) is 5.17 Å². The molecule has 0 atom stereocenters. The number of benzene rings is 1. The number of nitrogens with one attached hydrogen (secondary N) is 2. The van der Waals surface area contributed by atoms with Gasteiger partial charge >= 0.3 is 0 Å². The molecule has 1 heterocycles. The monoisotopic (exact) mass is 248 g/mol. The standard InChI is InChI=1S/C12H12N2O2S/c1-7-5-8(3-4-9(7)16-2)6-10-11(15)14-12(13)17-10/h3-6H,1-2H3,(H2,13,14,15)/b10-6-. The summed E-state index contributed by atoms with van der Waals surface area (Å²) in [4.78, 5) is 12.0. The summed E-state index contributed by atoms with van der Waals surface area (Å²) in [5.41, 5.74) is 1.94. The molecule has 0 unspecified atom stereocenters. The van der Waals surface area contributed by atoms with E-state index in [9.17, 15) is 4.79 Å². The molecule has 17 heavy (non-hydrogen) atoms. The fourth-order valence-electron chi connectivity index (χ4n) is 1.58. The average molecular weight is 248 g/mol. The van der Waals surface area contributed by atoms with Gasteiger partial charge in [-0.2, -0.15) is 0 Å². The van der Waals surface area contributed by atoms with E-state index in [-0.39, 0.29) is 11.1 Å². The second-order valence-corrected chi connectivity index (χ2v) is 4.68. The van der Waals surface area contributed by atoms with Gasteiger partial charge in [-0.3, -0.25) is 10.2 Å². The molecule has 0 aromatic heterocycles. The first-order valence-corrected chi connectivity index (χ1v) is 5.86. The van der Waals surface area contributed by atoms with Crippen LogP contribution in [0.2, 0.25) is 0 Å². The molecular weight excluding hydrogens is 236 g/mol. The van der Waals surface area contributed by atoms with Gasteiger partial charge in [0.2, 0.25) is 0 Å². The lowest BCUT2D eigenvalue weighted by atomic mass is 10.1. The fraction of sp³-hybridized carbons (Fsp3) is 0.167. The third kappa shape index (κ3) is 2.50. The highest BCUT2D eigenvalue weighted by molar-refractivity contribution is 8.18. The summed E-state index contributed by atoms with van der Waals surface area (Å²) < 4.78 is 5.17. The van der Waals surface area contributed by atoms with Gasteiger partial charge in [-0.1, -0.05) is 6.07 Å². The van der Waals surface area contributed by atoms with Crippen LogP contribution >= 0.6 is 11.8 Å². The molecule has 1 aliphatic heterocycles. The number of rotatable bonds is 2. The number of hydrogen-bond donors (Lipinski definition) is 2. The Morgan fingerprint density at radius 3 is 2.76 bits per heavy atom. The Bertz CT molecular complexity index is 523. The average Bonchev–Trinajstić information content (AvgIpc) is 2.58. The van der Waals surface area contributed by atoms with Gasteiger partial charge in [0.1, 0.15) is 5.75 Å². The van der Waals surface area contributed by atoms with E-state index in [1.165, 1.54) is 0 Å². The maximum atomic E-state index is 11.4. The van der Waals surface area contributed by atoms with Crippen molar-refractivity contribution in [2.45, 2.75) is 6.92 Å². The van der Waals surface area contributed by atoms with Gasteiger partial charge in [0.25, 0.3) is 5.91 Å². The Hall–Kier alpha value is -1.75. The van der Waals surface area contributed by atoms with E-state index in [1.54, 1.807) is 13.2 Å². The summed E-state index contributed by atoms with van der Waals surface area (Å²) in [6.07, 6.45) is 1.77. The first kappa shape index (κ1) is 11.7.